The Morgan fingerprint density at radius 2 is 1.63 bits per heavy atom. The molecule has 1 unspecified atom stereocenters. The second kappa shape index (κ2) is 13.4. The van der Waals surface area contributed by atoms with E-state index in [1.54, 1.807) is 18.4 Å². The summed E-state index contributed by atoms with van der Waals surface area (Å²) in [7, 11) is 1.62. The molecule has 0 aromatic carbocycles. The highest BCUT2D eigenvalue weighted by atomic mass is 32.1. The van der Waals surface area contributed by atoms with E-state index >= 15 is 0 Å². The van der Waals surface area contributed by atoms with Gasteiger partial charge in [-0.05, 0) is 12.8 Å². The molecule has 0 radical (unpaired) electrons. The van der Waals surface area contributed by atoms with Crippen LogP contribution < -0.4 is 14.5 Å². The van der Waals surface area contributed by atoms with E-state index in [9.17, 15) is 26.3 Å². The molecule has 11 nitrogen and oxygen atoms in total. The predicted molar refractivity (Wildman–Crippen MR) is 120 cm³/mol. The minimum atomic E-state index is -5.08. The lowest BCUT2D eigenvalue weighted by atomic mass is 10.2. The number of methoxy groups -OCH3 is 1. The zero-order chi connectivity index (χ0) is 28.5. The molecule has 4 rings (SSSR count). The molecule has 2 aromatic heterocycles. The first-order chi connectivity index (χ1) is 17.7. The summed E-state index contributed by atoms with van der Waals surface area (Å²) < 4.78 is 74.4. The molecule has 0 bridgehead atoms. The highest BCUT2D eigenvalue weighted by Crippen LogP contribution is 2.33. The molecule has 0 saturated carbocycles. The summed E-state index contributed by atoms with van der Waals surface area (Å²) in [5.41, 5.74) is 1.05. The molecule has 18 heteroatoms. The third kappa shape index (κ3) is 9.16. The Hall–Kier alpha value is -3.41. The van der Waals surface area contributed by atoms with Gasteiger partial charge in [-0.15, -0.1) is 11.3 Å². The number of halogens is 6. The molecule has 212 valence electrons. The minimum absolute atomic E-state index is 0.0750. The van der Waals surface area contributed by atoms with E-state index in [-0.39, 0.29) is 6.04 Å². The third-order valence-electron chi connectivity index (χ3n) is 4.97. The highest BCUT2D eigenvalue weighted by molar-refractivity contribution is 7.13. The van der Waals surface area contributed by atoms with Crippen molar-refractivity contribution in [1.82, 2.24) is 15.0 Å². The van der Waals surface area contributed by atoms with E-state index < -0.39 is 24.3 Å². The molecule has 1 atom stereocenters. The SMILES string of the molecule is COc1cc(N2CCOCC2c2csc(N3CCCC3)n2)ncn1.O=C(O)C(F)(F)F.O=C(O)C(F)(F)F. The van der Waals surface area contributed by atoms with Gasteiger partial charge < -0.3 is 29.5 Å². The van der Waals surface area contributed by atoms with E-state index in [1.807, 2.05) is 6.07 Å². The van der Waals surface area contributed by atoms with Gasteiger partial charge in [0.1, 0.15) is 12.1 Å². The van der Waals surface area contributed by atoms with Gasteiger partial charge in [0.05, 0.1) is 32.1 Å². The van der Waals surface area contributed by atoms with Crippen molar-refractivity contribution >= 4 is 34.2 Å². The normalized spacial score (nSPS) is 17.6. The molecular weight excluding hydrogens is 552 g/mol. The van der Waals surface area contributed by atoms with Crippen molar-refractivity contribution in [3.8, 4) is 5.88 Å². The summed E-state index contributed by atoms with van der Waals surface area (Å²) in [5, 5.41) is 17.5. The topological polar surface area (TPSA) is 138 Å². The van der Waals surface area contributed by atoms with Crippen LogP contribution in [-0.2, 0) is 14.3 Å². The van der Waals surface area contributed by atoms with Gasteiger partial charge in [-0.1, -0.05) is 0 Å². The smallest absolute Gasteiger partial charge is 0.481 e. The summed E-state index contributed by atoms with van der Waals surface area (Å²) in [6.45, 7) is 4.31. The Bertz CT molecular complexity index is 1040. The molecule has 2 saturated heterocycles. The minimum Gasteiger partial charge on any atom is -0.481 e. The molecule has 2 fully saturated rings. The monoisotopic (exact) mass is 575 g/mol. The van der Waals surface area contributed by atoms with Crippen LogP contribution in [0.3, 0.4) is 0 Å². The number of ether oxygens (including phenoxy) is 2. The zero-order valence-corrected chi connectivity index (χ0v) is 20.5. The predicted octanol–water partition coefficient (Wildman–Crippen LogP) is 3.39. The first-order valence-electron chi connectivity index (χ1n) is 10.7. The molecule has 0 amide bonds. The number of carbonyl (C=O) groups is 2. The fourth-order valence-corrected chi connectivity index (χ4v) is 4.13. The number of rotatable bonds is 4. The van der Waals surface area contributed by atoms with Crippen LogP contribution in [0.1, 0.15) is 24.6 Å². The van der Waals surface area contributed by atoms with Gasteiger partial charge in [0, 0.05) is 31.1 Å². The molecule has 4 heterocycles. The lowest BCUT2D eigenvalue weighted by Gasteiger charge is -2.35. The van der Waals surface area contributed by atoms with Gasteiger partial charge >= 0.3 is 24.3 Å². The van der Waals surface area contributed by atoms with Crippen molar-refractivity contribution in [3.63, 3.8) is 0 Å². The first-order valence-corrected chi connectivity index (χ1v) is 11.6. The van der Waals surface area contributed by atoms with Gasteiger partial charge in [0.15, 0.2) is 5.13 Å². The fraction of sp³-hybridized carbons (Fsp3) is 0.550. The van der Waals surface area contributed by atoms with Gasteiger partial charge in [-0.25, -0.2) is 24.5 Å². The number of aliphatic carboxylic acids is 2. The van der Waals surface area contributed by atoms with E-state index in [0.29, 0.717) is 19.1 Å². The Morgan fingerprint density at radius 1 is 1.05 bits per heavy atom. The first kappa shape index (κ1) is 30.8. The maximum absolute atomic E-state index is 10.6. The quantitative estimate of drug-likeness (QED) is 0.519. The number of aromatic nitrogens is 3. The lowest BCUT2D eigenvalue weighted by Crippen LogP contribution is -2.40. The maximum Gasteiger partial charge on any atom is 0.490 e. The van der Waals surface area contributed by atoms with Crippen molar-refractivity contribution in [2.75, 3.05) is 49.8 Å². The summed E-state index contributed by atoms with van der Waals surface area (Å²) in [5.74, 6) is -4.09. The largest absolute Gasteiger partial charge is 0.490 e. The number of morpholine rings is 1. The number of carboxylic acids is 2. The van der Waals surface area contributed by atoms with E-state index in [1.165, 1.54) is 19.2 Å². The Labute approximate surface area is 215 Å². The van der Waals surface area contributed by atoms with Crippen LogP contribution in [0.2, 0.25) is 0 Å². The van der Waals surface area contributed by atoms with E-state index in [0.717, 1.165) is 36.3 Å². The average Bonchev–Trinajstić information content (AvgIpc) is 3.56. The number of alkyl halides is 6. The van der Waals surface area contributed by atoms with Crippen LogP contribution in [0.5, 0.6) is 5.88 Å². The third-order valence-corrected chi connectivity index (χ3v) is 5.89. The number of nitrogens with zero attached hydrogens (tertiary/aromatic N) is 5. The van der Waals surface area contributed by atoms with Gasteiger partial charge in [0.2, 0.25) is 5.88 Å². The van der Waals surface area contributed by atoms with Crippen LogP contribution in [0.15, 0.2) is 17.8 Å². The van der Waals surface area contributed by atoms with Crippen molar-refractivity contribution in [3.05, 3.63) is 23.5 Å². The van der Waals surface area contributed by atoms with Crippen LogP contribution in [-0.4, -0.2) is 89.4 Å². The van der Waals surface area contributed by atoms with Crippen molar-refractivity contribution in [2.24, 2.45) is 0 Å². The fourth-order valence-electron chi connectivity index (χ4n) is 3.20. The van der Waals surface area contributed by atoms with E-state index in [2.05, 4.69) is 25.1 Å². The number of hydrogen-bond donors (Lipinski definition) is 2. The molecule has 2 aliphatic rings. The average molecular weight is 575 g/mol. The number of carboxylic acid groups (broad SMARTS) is 2. The molecule has 0 aliphatic carbocycles. The molecule has 38 heavy (non-hydrogen) atoms. The Morgan fingerprint density at radius 3 is 2.16 bits per heavy atom. The molecule has 0 spiro atoms. The lowest BCUT2D eigenvalue weighted by molar-refractivity contribution is -0.193. The standard InChI is InChI=1S/C16H21N5O2S.2C2HF3O2/c1-22-15-8-14(17-11-18-15)21-6-7-23-9-13(21)12-10-24-16(19-12)20-4-2-3-5-20;2*3-2(4,5)1(6)7/h8,10-11,13H,2-7,9H2,1H3;2*(H,6,7). The molecule has 2 N–H and O–H groups in total. The Balaban J connectivity index is 0.000000301. The van der Waals surface area contributed by atoms with Crippen molar-refractivity contribution in [2.45, 2.75) is 31.2 Å². The van der Waals surface area contributed by atoms with Gasteiger partial charge in [-0.3, -0.25) is 0 Å². The second-order valence-corrected chi connectivity index (χ2v) is 8.39. The number of thiazole rings is 1. The van der Waals surface area contributed by atoms with E-state index in [4.69, 9.17) is 34.3 Å². The van der Waals surface area contributed by atoms with Gasteiger partial charge in [0.25, 0.3) is 0 Å². The second-order valence-electron chi connectivity index (χ2n) is 7.56. The summed E-state index contributed by atoms with van der Waals surface area (Å²) in [6.07, 6.45) is -6.11. The summed E-state index contributed by atoms with van der Waals surface area (Å²) in [4.78, 5) is 35.8. The number of anilines is 2. The van der Waals surface area contributed by atoms with Crippen molar-refractivity contribution in [1.29, 1.82) is 0 Å². The number of hydrogen-bond acceptors (Lipinski definition) is 10. The zero-order valence-electron chi connectivity index (χ0n) is 19.7. The molecular formula is C20H23F6N5O6S. The molecule has 2 aromatic rings. The highest BCUT2D eigenvalue weighted by Gasteiger charge is 2.39. The van der Waals surface area contributed by atoms with Crippen LogP contribution in [0.4, 0.5) is 37.3 Å². The van der Waals surface area contributed by atoms with Crippen LogP contribution in [0, 0.1) is 0 Å². The summed E-state index contributed by atoms with van der Waals surface area (Å²) in [6, 6.07) is 1.94. The Kier molecular flexibility index (Phi) is 10.9. The summed E-state index contributed by atoms with van der Waals surface area (Å²) >= 11 is 1.72. The van der Waals surface area contributed by atoms with Crippen LogP contribution in [0.25, 0.3) is 0 Å². The van der Waals surface area contributed by atoms with Crippen molar-refractivity contribution < 1.29 is 55.6 Å². The molecule has 2 aliphatic heterocycles. The maximum atomic E-state index is 10.6. The van der Waals surface area contributed by atoms with Crippen LogP contribution >= 0.6 is 11.3 Å². The van der Waals surface area contributed by atoms with Gasteiger partial charge in [-0.2, -0.15) is 26.3 Å².